The highest BCUT2D eigenvalue weighted by Gasteiger charge is 2.36. The number of hydrogen-bond acceptors (Lipinski definition) is 6. The molecule has 2 aromatic carbocycles. The van der Waals surface area contributed by atoms with Gasteiger partial charge in [-0.05, 0) is 55.5 Å². The molecule has 1 aliphatic rings. The average Bonchev–Trinajstić information content (AvgIpc) is 3.01. The molecular formula is C18H19N3O6S. The summed E-state index contributed by atoms with van der Waals surface area (Å²) in [6.45, 7) is 1.49. The van der Waals surface area contributed by atoms with Crippen LogP contribution in [0.5, 0.6) is 17.2 Å². The van der Waals surface area contributed by atoms with Gasteiger partial charge in [-0.2, -0.15) is 0 Å². The standard InChI is InChI=1S/C18H19N3O6S/c1-11(16-17(22)20-18(23)19-16)21-28(24,25)15-9-7-14(8-10-15)27-13-5-3-12(26-2)4-6-13/h3-11,16,21H,1-2H3,(H2,19,20,22,23)/t11-,16+/m1/s1. The third-order valence-corrected chi connectivity index (χ3v) is 5.65. The number of hydrogen-bond donors (Lipinski definition) is 3. The summed E-state index contributed by atoms with van der Waals surface area (Å²) in [4.78, 5) is 22.8. The quantitative estimate of drug-likeness (QED) is 0.598. The zero-order valence-electron chi connectivity index (χ0n) is 15.1. The molecule has 1 heterocycles. The van der Waals surface area contributed by atoms with Crippen LogP contribution in [0.25, 0.3) is 0 Å². The SMILES string of the molecule is COc1ccc(Oc2ccc(S(=O)(=O)N[C@H](C)[C@@H]3NC(=O)NC3=O)cc2)cc1. The first kappa shape index (κ1) is 19.6. The first-order valence-electron chi connectivity index (χ1n) is 8.34. The number of methoxy groups -OCH3 is 1. The highest BCUT2D eigenvalue weighted by molar-refractivity contribution is 7.89. The summed E-state index contributed by atoms with van der Waals surface area (Å²) in [6.07, 6.45) is 0. The largest absolute Gasteiger partial charge is 0.497 e. The number of amides is 3. The maximum Gasteiger partial charge on any atom is 0.322 e. The van der Waals surface area contributed by atoms with Crippen molar-refractivity contribution in [3.05, 3.63) is 48.5 Å². The second-order valence-electron chi connectivity index (χ2n) is 6.10. The Morgan fingerprint density at radius 1 is 0.964 bits per heavy atom. The van der Waals surface area contributed by atoms with Crippen LogP contribution in [0.2, 0.25) is 0 Å². The fourth-order valence-corrected chi connectivity index (χ4v) is 3.89. The monoisotopic (exact) mass is 405 g/mol. The maximum atomic E-state index is 12.5. The zero-order valence-corrected chi connectivity index (χ0v) is 15.9. The average molecular weight is 405 g/mol. The first-order valence-corrected chi connectivity index (χ1v) is 9.82. The van der Waals surface area contributed by atoms with E-state index >= 15 is 0 Å². The van der Waals surface area contributed by atoms with Crippen LogP contribution < -0.4 is 24.8 Å². The number of urea groups is 1. The number of rotatable bonds is 7. The van der Waals surface area contributed by atoms with Crippen molar-refractivity contribution in [3.8, 4) is 17.2 Å². The van der Waals surface area contributed by atoms with Crippen LogP contribution in [-0.2, 0) is 14.8 Å². The highest BCUT2D eigenvalue weighted by atomic mass is 32.2. The molecule has 0 radical (unpaired) electrons. The van der Waals surface area contributed by atoms with Gasteiger partial charge in [0.25, 0.3) is 5.91 Å². The van der Waals surface area contributed by atoms with Crippen LogP contribution in [0.3, 0.4) is 0 Å². The Bertz CT molecular complexity index is 973. The van der Waals surface area contributed by atoms with Crippen LogP contribution in [0.15, 0.2) is 53.4 Å². The van der Waals surface area contributed by atoms with Gasteiger partial charge in [-0.15, -0.1) is 0 Å². The van der Waals surface area contributed by atoms with E-state index in [0.717, 1.165) is 0 Å². The molecule has 0 spiro atoms. The van der Waals surface area contributed by atoms with Gasteiger partial charge in [-0.3, -0.25) is 10.1 Å². The van der Waals surface area contributed by atoms with Crippen molar-refractivity contribution < 1.29 is 27.5 Å². The third-order valence-electron chi connectivity index (χ3n) is 4.08. The molecule has 28 heavy (non-hydrogen) atoms. The van der Waals surface area contributed by atoms with Gasteiger partial charge in [-0.1, -0.05) is 0 Å². The molecule has 0 unspecified atom stereocenters. The summed E-state index contributed by atoms with van der Waals surface area (Å²) >= 11 is 0. The van der Waals surface area contributed by atoms with Crippen molar-refractivity contribution in [1.29, 1.82) is 0 Å². The predicted octanol–water partition coefficient (Wildman–Crippen LogP) is 1.36. The summed E-state index contributed by atoms with van der Waals surface area (Å²) in [7, 11) is -2.32. The normalized spacial score (nSPS) is 17.6. The predicted molar refractivity (Wildman–Crippen MR) is 99.8 cm³/mol. The number of sulfonamides is 1. The molecule has 1 fully saturated rings. The Morgan fingerprint density at radius 2 is 1.50 bits per heavy atom. The molecule has 1 aliphatic heterocycles. The van der Waals surface area contributed by atoms with Crippen molar-refractivity contribution in [2.24, 2.45) is 0 Å². The topological polar surface area (TPSA) is 123 Å². The van der Waals surface area contributed by atoms with E-state index in [4.69, 9.17) is 9.47 Å². The second kappa shape index (κ2) is 7.87. The van der Waals surface area contributed by atoms with Crippen molar-refractivity contribution in [3.63, 3.8) is 0 Å². The number of ether oxygens (including phenoxy) is 2. The van der Waals surface area contributed by atoms with Gasteiger partial charge in [0.1, 0.15) is 23.3 Å². The molecule has 3 amide bonds. The molecule has 0 bridgehead atoms. The Balaban J connectivity index is 1.67. The maximum absolute atomic E-state index is 12.5. The van der Waals surface area contributed by atoms with E-state index < -0.39 is 34.0 Å². The van der Waals surface area contributed by atoms with E-state index in [0.29, 0.717) is 17.2 Å². The van der Waals surface area contributed by atoms with Gasteiger partial charge >= 0.3 is 6.03 Å². The van der Waals surface area contributed by atoms with Crippen molar-refractivity contribution in [2.45, 2.75) is 23.9 Å². The zero-order chi connectivity index (χ0) is 20.3. The van der Waals surface area contributed by atoms with Gasteiger partial charge < -0.3 is 14.8 Å². The fourth-order valence-electron chi connectivity index (χ4n) is 2.63. The summed E-state index contributed by atoms with van der Waals surface area (Å²) in [5.41, 5.74) is 0. The Morgan fingerprint density at radius 3 is 2.00 bits per heavy atom. The lowest BCUT2D eigenvalue weighted by atomic mass is 10.1. The van der Waals surface area contributed by atoms with Crippen LogP contribution in [0, 0.1) is 0 Å². The van der Waals surface area contributed by atoms with Crippen LogP contribution in [0.1, 0.15) is 6.92 Å². The number of imide groups is 1. The molecule has 3 N–H and O–H groups in total. The van der Waals surface area contributed by atoms with E-state index in [9.17, 15) is 18.0 Å². The Labute approximate surface area is 162 Å². The number of carbonyl (C=O) groups is 2. The lowest BCUT2D eigenvalue weighted by Crippen LogP contribution is -2.49. The first-order chi connectivity index (χ1) is 13.3. The molecule has 0 aliphatic carbocycles. The van der Waals surface area contributed by atoms with Crippen molar-refractivity contribution in [2.75, 3.05) is 7.11 Å². The van der Waals surface area contributed by atoms with Gasteiger partial charge in [0, 0.05) is 6.04 Å². The fraction of sp³-hybridized carbons (Fsp3) is 0.222. The van der Waals surface area contributed by atoms with E-state index in [1.54, 1.807) is 31.4 Å². The summed E-state index contributed by atoms with van der Waals surface area (Å²) in [5, 5.41) is 4.43. The van der Waals surface area contributed by atoms with Crippen LogP contribution in [-0.4, -0.2) is 39.5 Å². The minimum Gasteiger partial charge on any atom is -0.497 e. The second-order valence-corrected chi connectivity index (χ2v) is 7.81. The lowest BCUT2D eigenvalue weighted by molar-refractivity contribution is -0.120. The van der Waals surface area contributed by atoms with Crippen LogP contribution >= 0.6 is 0 Å². The molecule has 0 saturated carbocycles. The Kier molecular flexibility index (Phi) is 5.52. The van der Waals surface area contributed by atoms with Gasteiger partial charge in [0.2, 0.25) is 10.0 Å². The number of nitrogens with one attached hydrogen (secondary N) is 3. The number of carbonyl (C=O) groups excluding carboxylic acids is 2. The smallest absolute Gasteiger partial charge is 0.322 e. The molecule has 9 nitrogen and oxygen atoms in total. The van der Waals surface area contributed by atoms with Gasteiger partial charge in [0.15, 0.2) is 0 Å². The number of benzene rings is 2. The molecule has 2 atom stereocenters. The van der Waals surface area contributed by atoms with E-state index in [1.165, 1.54) is 31.2 Å². The molecular weight excluding hydrogens is 386 g/mol. The molecule has 0 aromatic heterocycles. The van der Waals surface area contributed by atoms with E-state index in [-0.39, 0.29) is 4.90 Å². The van der Waals surface area contributed by atoms with E-state index in [1.807, 2.05) is 0 Å². The molecule has 1 saturated heterocycles. The molecule has 2 aromatic rings. The molecule has 10 heteroatoms. The van der Waals surface area contributed by atoms with Crippen LogP contribution in [0.4, 0.5) is 4.79 Å². The Hall–Kier alpha value is -3.11. The van der Waals surface area contributed by atoms with Gasteiger partial charge in [-0.25, -0.2) is 17.9 Å². The summed E-state index contributed by atoms with van der Waals surface area (Å²) in [5.74, 6) is 1.15. The van der Waals surface area contributed by atoms with E-state index in [2.05, 4.69) is 15.4 Å². The highest BCUT2D eigenvalue weighted by Crippen LogP contribution is 2.25. The summed E-state index contributed by atoms with van der Waals surface area (Å²) < 4.78 is 38.2. The summed E-state index contributed by atoms with van der Waals surface area (Å²) in [6, 6.07) is 10.3. The minimum atomic E-state index is -3.89. The molecule has 3 rings (SSSR count). The lowest BCUT2D eigenvalue weighted by Gasteiger charge is -2.18. The van der Waals surface area contributed by atoms with Crippen molar-refractivity contribution >= 4 is 22.0 Å². The van der Waals surface area contributed by atoms with Crippen molar-refractivity contribution in [1.82, 2.24) is 15.4 Å². The third kappa shape index (κ3) is 4.41. The minimum absolute atomic E-state index is 0.00571. The van der Waals surface area contributed by atoms with Gasteiger partial charge in [0.05, 0.1) is 12.0 Å². The molecule has 148 valence electrons.